The lowest BCUT2D eigenvalue weighted by Gasteiger charge is -2.36. The molecule has 11 heteroatoms. The van der Waals surface area contributed by atoms with Crippen LogP contribution < -0.4 is 11.1 Å². The molecule has 3 rings (SSSR count). The molecule has 3 N–H and O–H groups in total. The zero-order chi connectivity index (χ0) is 20.5. The van der Waals surface area contributed by atoms with E-state index >= 15 is 0 Å². The molecule has 0 amide bonds. The molecular formula is C17H14F6N4O. The second-order valence-corrected chi connectivity index (χ2v) is 6.12. The Kier molecular flexibility index (Phi) is 5.09. The van der Waals surface area contributed by atoms with Gasteiger partial charge in [0.15, 0.2) is 17.7 Å². The van der Waals surface area contributed by atoms with E-state index in [-0.39, 0.29) is 11.5 Å². The Morgan fingerprint density at radius 3 is 2.61 bits per heavy atom. The van der Waals surface area contributed by atoms with E-state index in [0.29, 0.717) is 0 Å². The molecule has 0 fully saturated rings. The number of alkyl halides is 4. The summed E-state index contributed by atoms with van der Waals surface area (Å²) in [5.74, 6) is -1.90. The van der Waals surface area contributed by atoms with Crippen molar-refractivity contribution >= 4 is 17.5 Å². The smallest absolute Gasteiger partial charge is 0.425 e. The predicted octanol–water partition coefficient (Wildman–Crippen LogP) is 3.93. The fraction of sp³-hybridized carbons (Fsp3) is 0.294. The van der Waals surface area contributed by atoms with Crippen LogP contribution in [0.25, 0.3) is 0 Å². The maximum Gasteiger partial charge on any atom is 0.425 e. The number of pyridine rings is 1. The Hall–Kier alpha value is -2.98. The van der Waals surface area contributed by atoms with Crippen LogP contribution >= 0.6 is 0 Å². The van der Waals surface area contributed by atoms with Gasteiger partial charge in [-0.3, -0.25) is 0 Å². The van der Waals surface area contributed by atoms with Gasteiger partial charge in [-0.2, -0.15) is 13.2 Å². The van der Waals surface area contributed by atoms with Gasteiger partial charge in [0.2, 0.25) is 0 Å². The van der Waals surface area contributed by atoms with E-state index in [9.17, 15) is 26.3 Å². The monoisotopic (exact) mass is 404 g/mol. The highest BCUT2D eigenvalue weighted by atomic mass is 19.4. The molecule has 1 aliphatic rings. The van der Waals surface area contributed by atoms with Crippen molar-refractivity contribution in [2.24, 2.45) is 10.7 Å². The van der Waals surface area contributed by atoms with Crippen LogP contribution in [0.5, 0.6) is 0 Å². The Morgan fingerprint density at radius 1 is 1.21 bits per heavy atom. The molecular weight excluding hydrogens is 390 g/mol. The molecule has 0 saturated heterocycles. The van der Waals surface area contributed by atoms with Crippen molar-refractivity contribution < 1.29 is 31.1 Å². The summed E-state index contributed by atoms with van der Waals surface area (Å²) in [7, 11) is 0. The number of ether oxygens (including phenoxy) is 1. The summed E-state index contributed by atoms with van der Waals surface area (Å²) < 4.78 is 85.9. The lowest BCUT2D eigenvalue weighted by Crippen LogP contribution is -2.48. The number of rotatable bonds is 4. The fourth-order valence-corrected chi connectivity index (χ4v) is 2.86. The van der Waals surface area contributed by atoms with Gasteiger partial charge in [0, 0.05) is 23.9 Å². The molecule has 2 aromatic rings. The van der Waals surface area contributed by atoms with Gasteiger partial charge in [-0.25, -0.2) is 23.1 Å². The van der Waals surface area contributed by atoms with E-state index < -0.39 is 54.1 Å². The van der Waals surface area contributed by atoms with Gasteiger partial charge in [-0.1, -0.05) is 0 Å². The largest absolute Gasteiger partial charge is 0.452 e. The molecule has 0 aliphatic carbocycles. The zero-order valence-corrected chi connectivity index (χ0v) is 14.1. The first-order valence-electron chi connectivity index (χ1n) is 7.97. The number of hydrogen-bond acceptors (Lipinski definition) is 5. The molecule has 0 spiro atoms. The number of amidine groups is 1. The lowest BCUT2D eigenvalue weighted by molar-refractivity contribution is -0.209. The molecule has 150 valence electrons. The average molecular weight is 404 g/mol. The Labute approximate surface area is 155 Å². The molecule has 0 radical (unpaired) electrons. The molecule has 0 saturated carbocycles. The lowest BCUT2D eigenvalue weighted by atomic mass is 9.84. The third-order valence-electron chi connectivity index (χ3n) is 4.19. The van der Waals surface area contributed by atoms with Crippen molar-refractivity contribution in [1.29, 1.82) is 0 Å². The summed E-state index contributed by atoms with van der Waals surface area (Å²) in [6, 6.07) is 4.72. The molecule has 1 aliphatic heterocycles. The van der Waals surface area contributed by atoms with E-state index in [1.165, 1.54) is 18.3 Å². The van der Waals surface area contributed by atoms with Crippen LogP contribution in [0.15, 0.2) is 41.5 Å². The van der Waals surface area contributed by atoms with E-state index in [1.54, 1.807) is 0 Å². The van der Waals surface area contributed by atoms with E-state index in [0.717, 1.165) is 18.2 Å². The van der Waals surface area contributed by atoms with Gasteiger partial charge in [0.1, 0.15) is 18.0 Å². The van der Waals surface area contributed by atoms with Crippen LogP contribution in [0.3, 0.4) is 0 Å². The van der Waals surface area contributed by atoms with Crippen molar-refractivity contribution in [1.82, 2.24) is 4.98 Å². The number of halogens is 6. The maximum atomic E-state index is 14.4. The molecule has 2 unspecified atom stereocenters. The first kappa shape index (κ1) is 19.8. The number of aromatic nitrogens is 1. The number of hydrogen-bond donors (Lipinski definition) is 2. The van der Waals surface area contributed by atoms with Gasteiger partial charge in [0.05, 0.1) is 0 Å². The van der Waals surface area contributed by atoms with Crippen LogP contribution in [-0.4, -0.2) is 30.0 Å². The topological polar surface area (TPSA) is 72.5 Å². The minimum Gasteiger partial charge on any atom is -0.452 e. The summed E-state index contributed by atoms with van der Waals surface area (Å²) in [6.07, 6.45) is -7.02. The van der Waals surface area contributed by atoms with Gasteiger partial charge in [0.25, 0.3) is 6.02 Å². The summed E-state index contributed by atoms with van der Waals surface area (Å²) in [6.45, 7) is -1.46. The van der Waals surface area contributed by atoms with Crippen molar-refractivity contribution in [2.75, 3.05) is 12.0 Å². The van der Waals surface area contributed by atoms with Crippen LogP contribution in [0.1, 0.15) is 12.0 Å². The van der Waals surface area contributed by atoms with E-state index in [2.05, 4.69) is 20.0 Å². The Balaban J connectivity index is 2.03. The Bertz CT molecular complexity index is 903. The summed E-state index contributed by atoms with van der Waals surface area (Å²) in [5.41, 5.74) is 2.66. The van der Waals surface area contributed by atoms with E-state index in [1.807, 2.05) is 0 Å². The quantitative estimate of drug-likeness (QED) is 0.758. The van der Waals surface area contributed by atoms with E-state index in [4.69, 9.17) is 5.73 Å². The molecule has 28 heavy (non-hydrogen) atoms. The highest BCUT2D eigenvalue weighted by Crippen LogP contribution is 2.42. The highest BCUT2D eigenvalue weighted by molar-refractivity contribution is 5.73. The third-order valence-corrected chi connectivity index (χ3v) is 4.19. The molecule has 1 aromatic carbocycles. The second kappa shape index (κ2) is 7.21. The van der Waals surface area contributed by atoms with Gasteiger partial charge >= 0.3 is 6.18 Å². The van der Waals surface area contributed by atoms with Crippen LogP contribution in [0.4, 0.5) is 37.8 Å². The Morgan fingerprint density at radius 2 is 1.96 bits per heavy atom. The molecule has 0 bridgehead atoms. The average Bonchev–Trinajstić information content (AvgIpc) is 2.63. The van der Waals surface area contributed by atoms with Gasteiger partial charge < -0.3 is 15.8 Å². The minimum absolute atomic E-state index is 0.0747. The summed E-state index contributed by atoms with van der Waals surface area (Å²) in [5, 5.41) is 2.56. The van der Waals surface area contributed by atoms with Crippen LogP contribution in [0.2, 0.25) is 0 Å². The third kappa shape index (κ3) is 3.82. The number of nitrogens with one attached hydrogen (secondary N) is 1. The van der Waals surface area contributed by atoms with Gasteiger partial charge in [-0.05, 0) is 30.3 Å². The highest BCUT2D eigenvalue weighted by Gasteiger charge is 2.52. The van der Waals surface area contributed by atoms with Gasteiger partial charge in [-0.15, -0.1) is 0 Å². The number of nitrogens with zero attached hydrogens (tertiary/aromatic N) is 2. The number of aliphatic imine (C=N–C) groups is 1. The zero-order valence-electron chi connectivity index (χ0n) is 14.1. The standard InChI is InChI=1S/C17H14F6N4O/c18-8-16(7-13(17(21,22)23)28-15(24)27-16)10-6-9(3-4-11(10)19)26-14-12(20)2-1-5-25-14/h1-6,13H,7-8H2,(H2,24,27)(H,25,26). The number of nitrogens with two attached hydrogens (primary N) is 1. The van der Waals surface area contributed by atoms with Crippen molar-refractivity contribution in [2.45, 2.75) is 24.2 Å². The SMILES string of the molecule is NC1=NC(CF)(c2cc(Nc3ncccc3F)ccc2F)CC(C(F)(F)F)O1. The van der Waals surface area contributed by atoms with Crippen LogP contribution in [0, 0.1) is 11.6 Å². The first-order valence-corrected chi connectivity index (χ1v) is 7.97. The van der Waals surface area contributed by atoms with Crippen molar-refractivity contribution in [3.8, 4) is 0 Å². The number of benzene rings is 1. The maximum absolute atomic E-state index is 14.4. The van der Waals surface area contributed by atoms with Crippen molar-refractivity contribution in [3.63, 3.8) is 0 Å². The molecule has 2 atom stereocenters. The minimum atomic E-state index is -4.86. The summed E-state index contributed by atoms with van der Waals surface area (Å²) in [4.78, 5) is 7.39. The summed E-state index contributed by atoms with van der Waals surface area (Å²) >= 11 is 0. The molecule has 2 heterocycles. The number of anilines is 2. The van der Waals surface area contributed by atoms with Crippen molar-refractivity contribution in [3.05, 3.63) is 53.7 Å². The normalized spacial score (nSPS) is 22.4. The molecule has 1 aromatic heterocycles. The first-order chi connectivity index (χ1) is 13.1. The van der Waals surface area contributed by atoms with Crippen LogP contribution in [-0.2, 0) is 10.3 Å². The molecule has 5 nitrogen and oxygen atoms in total. The fourth-order valence-electron chi connectivity index (χ4n) is 2.86. The second-order valence-electron chi connectivity index (χ2n) is 6.12. The predicted molar refractivity (Wildman–Crippen MR) is 88.7 cm³/mol.